The lowest BCUT2D eigenvalue weighted by Gasteiger charge is -2.30. The van der Waals surface area contributed by atoms with E-state index in [2.05, 4.69) is 37.8 Å². The summed E-state index contributed by atoms with van der Waals surface area (Å²) in [5, 5.41) is 0. The van der Waals surface area contributed by atoms with E-state index in [1.54, 1.807) is 14.2 Å². The summed E-state index contributed by atoms with van der Waals surface area (Å²) in [4.78, 5) is 7.02. The van der Waals surface area contributed by atoms with E-state index < -0.39 is 0 Å². The molecule has 0 bridgehead atoms. The van der Waals surface area contributed by atoms with E-state index in [0.717, 1.165) is 23.6 Å². The Morgan fingerprint density at radius 2 is 1.90 bits per heavy atom. The van der Waals surface area contributed by atoms with E-state index in [9.17, 15) is 0 Å². The summed E-state index contributed by atoms with van der Waals surface area (Å²) in [5.74, 6) is 1.32. The van der Waals surface area contributed by atoms with Gasteiger partial charge in [-0.3, -0.25) is 0 Å². The van der Waals surface area contributed by atoms with E-state index in [0.29, 0.717) is 25.7 Å². The van der Waals surface area contributed by atoms with Crippen molar-refractivity contribution in [3.8, 4) is 0 Å². The Morgan fingerprint density at radius 1 is 1.19 bits per heavy atom. The highest BCUT2D eigenvalue weighted by molar-refractivity contribution is 5.44. The number of rotatable bonds is 9. The summed E-state index contributed by atoms with van der Waals surface area (Å²) in [5.41, 5.74) is 8.00. The molecule has 120 valence electrons. The Labute approximate surface area is 128 Å². The van der Waals surface area contributed by atoms with E-state index in [-0.39, 0.29) is 6.04 Å². The van der Waals surface area contributed by atoms with Crippen molar-refractivity contribution >= 4 is 5.82 Å². The molecule has 0 fully saturated rings. The van der Waals surface area contributed by atoms with Gasteiger partial charge in [0.1, 0.15) is 5.82 Å². The summed E-state index contributed by atoms with van der Waals surface area (Å²) in [7, 11) is 3.43. The number of hydrogen-bond acceptors (Lipinski definition) is 5. The van der Waals surface area contributed by atoms with Crippen LogP contribution >= 0.6 is 0 Å². The zero-order chi connectivity index (χ0) is 15.8. The van der Waals surface area contributed by atoms with E-state index >= 15 is 0 Å². The molecule has 1 rings (SSSR count). The maximum atomic E-state index is 5.83. The fourth-order valence-corrected chi connectivity index (χ4v) is 2.24. The zero-order valence-corrected chi connectivity index (χ0v) is 13.9. The second-order valence-electron chi connectivity index (χ2n) is 5.61. The summed E-state index contributed by atoms with van der Waals surface area (Å²) < 4.78 is 10.5. The first-order valence-corrected chi connectivity index (χ1v) is 7.48. The van der Waals surface area contributed by atoms with Gasteiger partial charge in [0.05, 0.1) is 19.3 Å². The van der Waals surface area contributed by atoms with Crippen molar-refractivity contribution in [2.45, 2.75) is 39.3 Å². The Morgan fingerprint density at radius 3 is 2.43 bits per heavy atom. The number of nitrogens with two attached hydrogens (primary N) is 1. The molecule has 1 unspecified atom stereocenters. The molecular weight excluding hydrogens is 266 g/mol. The monoisotopic (exact) mass is 295 g/mol. The van der Waals surface area contributed by atoms with Crippen molar-refractivity contribution in [3.63, 3.8) is 0 Å². The van der Waals surface area contributed by atoms with E-state index in [1.807, 2.05) is 0 Å². The van der Waals surface area contributed by atoms with Crippen molar-refractivity contribution in [3.05, 3.63) is 23.4 Å². The smallest absolute Gasteiger partial charge is 0.129 e. The molecule has 5 heteroatoms. The van der Waals surface area contributed by atoms with Crippen LogP contribution in [0.5, 0.6) is 0 Å². The number of ether oxygens (including phenoxy) is 2. The second-order valence-corrected chi connectivity index (χ2v) is 5.61. The quantitative estimate of drug-likeness (QED) is 0.756. The molecule has 0 spiro atoms. The van der Waals surface area contributed by atoms with E-state index in [4.69, 9.17) is 20.2 Å². The maximum absolute atomic E-state index is 5.83. The molecule has 0 aliphatic rings. The SMILES string of the molecule is COCCN(c1cc(CN)cc(C(C)C)n1)C(C)COC. The molecule has 1 atom stereocenters. The van der Waals surface area contributed by atoms with Gasteiger partial charge < -0.3 is 20.1 Å². The minimum Gasteiger partial charge on any atom is -0.383 e. The molecule has 0 aliphatic heterocycles. The topological polar surface area (TPSA) is 60.6 Å². The molecule has 0 radical (unpaired) electrons. The third-order valence-electron chi connectivity index (χ3n) is 3.49. The van der Waals surface area contributed by atoms with Crippen molar-refractivity contribution in [2.24, 2.45) is 5.73 Å². The molecule has 2 N–H and O–H groups in total. The van der Waals surface area contributed by atoms with E-state index in [1.165, 1.54) is 0 Å². The van der Waals surface area contributed by atoms with Crippen LogP contribution in [0.25, 0.3) is 0 Å². The standard InChI is InChI=1S/C16H29N3O2/c1-12(2)15-8-14(10-17)9-16(18-15)19(6-7-20-4)13(3)11-21-5/h8-9,12-13H,6-7,10-11,17H2,1-5H3. The van der Waals surface area contributed by atoms with Gasteiger partial charge in [-0.25, -0.2) is 4.98 Å². The van der Waals surface area contributed by atoms with Crippen LogP contribution in [0.2, 0.25) is 0 Å². The molecule has 0 aromatic carbocycles. The number of methoxy groups -OCH3 is 2. The normalized spacial score (nSPS) is 12.7. The minimum absolute atomic E-state index is 0.227. The molecule has 0 amide bonds. The van der Waals surface area contributed by atoms with Crippen molar-refractivity contribution < 1.29 is 9.47 Å². The lowest BCUT2D eigenvalue weighted by molar-refractivity contribution is 0.170. The summed E-state index contributed by atoms with van der Waals surface area (Å²) in [6.07, 6.45) is 0. The Kier molecular flexibility index (Phi) is 7.64. The molecule has 1 aromatic rings. The first kappa shape index (κ1) is 17.9. The highest BCUT2D eigenvalue weighted by atomic mass is 16.5. The Hall–Kier alpha value is -1.17. The Balaban J connectivity index is 3.12. The lowest BCUT2D eigenvalue weighted by Crippen LogP contribution is -2.39. The summed E-state index contributed by atoms with van der Waals surface area (Å²) in [6.45, 7) is 9.01. The lowest BCUT2D eigenvalue weighted by atomic mass is 10.1. The van der Waals surface area contributed by atoms with Crippen molar-refractivity contribution in [1.82, 2.24) is 4.98 Å². The van der Waals surface area contributed by atoms with Gasteiger partial charge in [0.2, 0.25) is 0 Å². The average Bonchev–Trinajstić information content (AvgIpc) is 2.47. The molecule has 5 nitrogen and oxygen atoms in total. The number of pyridine rings is 1. The fourth-order valence-electron chi connectivity index (χ4n) is 2.24. The first-order valence-electron chi connectivity index (χ1n) is 7.48. The molecule has 0 aliphatic carbocycles. The summed E-state index contributed by atoms with van der Waals surface area (Å²) >= 11 is 0. The van der Waals surface area contributed by atoms with Crippen molar-refractivity contribution in [1.29, 1.82) is 0 Å². The van der Waals surface area contributed by atoms with Crippen LogP contribution in [0, 0.1) is 0 Å². The Bertz CT molecular complexity index is 424. The average molecular weight is 295 g/mol. The number of aromatic nitrogens is 1. The predicted molar refractivity (Wildman–Crippen MR) is 86.8 cm³/mol. The molecule has 1 aromatic heterocycles. The van der Waals surface area contributed by atoms with Crippen LogP contribution < -0.4 is 10.6 Å². The van der Waals surface area contributed by atoms with Gasteiger partial charge in [0.25, 0.3) is 0 Å². The first-order chi connectivity index (χ1) is 10.0. The zero-order valence-electron chi connectivity index (χ0n) is 13.9. The van der Waals surface area contributed by atoms with Gasteiger partial charge in [-0.05, 0) is 30.5 Å². The van der Waals surface area contributed by atoms with Gasteiger partial charge in [0, 0.05) is 33.0 Å². The third-order valence-corrected chi connectivity index (χ3v) is 3.49. The number of anilines is 1. The molecular formula is C16H29N3O2. The minimum atomic E-state index is 0.227. The maximum Gasteiger partial charge on any atom is 0.129 e. The number of hydrogen-bond donors (Lipinski definition) is 1. The van der Waals surface area contributed by atoms with Gasteiger partial charge in [0.15, 0.2) is 0 Å². The molecule has 21 heavy (non-hydrogen) atoms. The van der Waals surface area contributed by atoms with Crippen LogP contribution in [0.4, 0.5) is 5.82 Å². The predicted octanol–water partition coefficient (Wildman–Crippen LogP) is 2.15. The molecule has 0 saturated carbocycles. The molecule has 1 heterocycles. The van der Waals surface area contributed by atoms with Gasteiger partial charge in [-0.15, -0.1) is 0 Å². The van der Waals surface area contributed by atoms with Gasteiger partial charge in [-0.1, -0.05) is 13.8 Å². The summed E-state index contributed by atoms with van der Waals surface area (Å²) in [6, 6.07) is 4.38. The number of nitrogens with zero attached hydrogens (tertiary/aromatic N) is 2. The van der Waals surface area contributed by atoms with Crippen LogP contribution in [-0.2, 0) is 16.0 Å². The van der Waals surface area contributed by atoms with Crippen LogP contribution in [-0.4, -0.2) is 45.0 Å². The van der Waals surface area contributed by atoms with Crippen LogP contribution in [0.1, 0.15) is 37.9 Å². The van der Waals surface area contributed by atoms with Gasteiger partial charge >= 0.3 is 0 Å². The highest BCUT2D eigenvalue weighted by Gasteiger charge is 2.17. The second kappa shape index (κ2) is 8.97. The van der Waals surface area contributed by atoms with Crippen molar-refractivity contribution in [2.75, 3.05) is 38.9 Å². The highest BCUT2D eigenvalue weighted by Crippen LogP contribution is 2.22. The largest absolute Gasteiger partial charge is 0.383 e. The third kappa shape index (κ3) is 5.26. The van der Waals surface area contributed by atoms with Crippen LogP contribution in [0.3, 0.4) is 0 Å². The van der Waals surface area contributed by atoms with Crippen LogP contribution in [0.15, 0.2) is 12.1 Å². The molecule has 0 saturated heterocycles. The van der Waals surface area contributed by atoms with Gasteiger partial charge in [-0.2, -0.15) is 0 Å². The fraction of sp³-hybridized carbons (Fsp3) is 0.688.